The lowest BCUT2D eigenvalue weighted by Gasteiger charge is -2.06. The Morgan fingerprint density at radius 1 is 1.67 bits per heavy atom. The van der Waals surface area contributed by atoms with Crippen molar-refractivity contribution in [2.45, 2.75) is 13.8 Å². The molecule has 1 unspecified atom stereocenters. The number of nitrogens with zero attached hydrogens (tertiary/aromatic N) is 1. The fourth-order valence-corrected chi connectivity index (χ4v) is 0.958. The third-order valence-corrected chi connectivity index (χ3v) is 1.93. The Kier molecular flexibility index (Phi) is 3.43. The number of amides is 1. The van der Waals surface area contributed by atoms with Crippen molar-refractivity contribution in [3.8, 4) is 0 Å². The maximum Gasteiger partial charge on any atom is 0.308 e. The van der Waals surface area contributed by atoms with Crippen LogP contribution in [0.2, 0.25) is 0 Å². The summed E-state index contributed by atoms with van der Waals surface area (Å²) in [6.07, 6.45) is 0. The van der Waals surface area contributed by atoms with Crippen LogP contribution in [0.1, 0.15) is 23.1 Å². The number of hydrogen-bond acceptors (Lipinski definition) is 3. The van der Waals surface area contributed by atoms with Gasteiger partial charge in [0.2, 0.25) is 0 Å². The number of carboxylic acids is 1. The fraction of sp³-hybridized carbons (Fsp3) is 0.444. The number of carbonyl (C=O) groups excluding carboxylic acids is 1. The van der Waals surface area contributed by atoms with Gasteiger partial charge in [0.1, 0.15) is 5.69 Å². The van der Waals surface area contributed by atoms with E-state index in [0.29, 0.717) is 0 Å². The molecule has 0 aliphatic rings. The molecule has 6 nitrogen and oxygen atoms in total. The normalized spacial score (nSPS) is 12.1. The zero-order chi connectivity index (χ0) is 11.4. The molecule has 0 radical (unpaired) electrons. The molecule has 0 bridgehead atoms. The molecule has 6 heteroatoms. The minimum Gasteiger partial charge on any atom is -0.481 e. The Morgan fingerprint density at radius 2 is 2.33 bits per heavy atom. The number of rotatable bonds is 4. The molecule has 0 saturated carbocycles. The molecule has 0 saturated heterocycles. The molecule has 82 valence electrons. The number of carbonyl (C=O) groups is 2. The largest absolute Gasteiger partial charge is 0.481 e. The minimum absolute atomic E-state index is 0.0973. The lowest BCUT2D eigenvalue weighted by molar-refractivity contribution is -0.140. The Labute approximate surface area is 86.7 Å². The predicted octanol–water partition coefficient (Wildman–Crippen LogP) is 0.169. The molecule has 0 aliphatic heterocycles. The highest BCUT2D eigenvalue weighted by Gasteiger charge is 2.14. The highest BCUT2D eigenvalue weighted by molar-refractivity contribution is 5.92. The van der Waals surface area contributed by atoms with Gasteiger partial charge in [-0.05, 0) is 13.0 Å². The summed E-state index contributed by atoms with van der Waals surface area (Å²) in [5, 5.41) is 17.5. The van der Waals surface area contributed by atoms with Crippen molar-refractivity contribution in [1.29, 1.82) is 0 Å². The van der Waals surface area contributed by atoms with Crippen molar-refractivity contribution in [3.05, 3.63) is 17.5 Å². The molecule has 15 heavy (non-hydrogen) atoms. The van der Waals surface area contributed by atoms with Crippen LogP contribution in [0.4, 0.5) is 0 Å². The molecular weight excluding hydrogens is 198 g/mol. The van der Waals surface area contributed by atoms with Gasteiger partial charge in [-0.15, -0.1) is 0 Å². The minimum atomic E-state index is -0.937. The number of aryl methyl sites for hydroxylation is 1. The van der Waals surface area contributed by atoms with E-state index < -0.39 is 11.9 Å². The Balaban J connectivity index is 2.47. The van der Waals surface area contributed by atoms with Gasteiger partial charge >= 0.3 is 5.97 Å². The SMILES string of the molecule is Cc1cc(C(=O)NCC(C)C(=O)O)n[nH]1. The maximum atomic E-state index is 11.4. The van der Waals surface area contributed by atoms with Crippen LogP contribution in [-0.2, 0) is 4.79 Å². The quantitative estimate of drug-likeness (QED) is 0.661. The van der Waals surface area contributed by atoms with Gasteiger partial charge in [-0.25, -0.2) is 0 Å². The van der Waals surface area contributed by atoms with E-state index in [4.69, 9.17) is 5.11 Å². The Morgan fingerprint density at radius 3 is 2.80 bits per heavy atom. The van der Waals surface area contributed by atoms with Gasteiger partial charge < -0.3 is 10.4 Å². The van der Waals surface area contributed by atoms with E-state index >= 15 is 0 Å². The molecule has 1 amide bonds. The van der Waals surface area contributed by atoms with Crippen LogP contribution in [0, 0.1) is 12.8 Å². The van der Waals surface area contributed by atoms with Crippen LogP contribution < -0.4 is 5.32 Å². The van der Waals surface area contributed by atoms with Crippen LogP contribution in [0.3, 0.4) is 0 Å². The van der Waals surface area contributed by atoms with Gasteiger partial charge in [0.05, 0.1) is 5.92 Å². The molecular formula is C9H13N3O3. The summed E-state index contributed by atoms with van der Waals surface area (Å²) in [5.74, 6) is -1.91. The topological polar surface area (TPSA) is 95.1 Å². The van der Waals surface area contributed by atoms with Gasteiger partial charge in [0.15, 0.2) is 0 Å². The molecule has 1 aromatic rings. The second-order valence-corrected chi connectivity index (χ2v) is 3.39. The van der Waals surface area contributed by atoms with Gasteiger partial charge in [0.25, 0.3) is 5.91 Å². The number of carboxylic acid groups (broad SMARTS) is 1. The first-order valence-electron chi connectivity index (χ1n) is 4.53. The van der Waals surface area contributed by atoms with Crippen LogP contribution in [0.25, 0.3) is 0 Å². The number of aliphatic carboxylic acids is 1. The van der Waals surface area contributed by atoms with Crippen LogP contribution in [0.5, 0.6) is 0 Å². The summed E-state index contributed by atoms with van der Waals surface area (Å²) >= 11 is 0. The van der Waals surface area contributed by atoms with Gasteiger partial charge in [-0.2, -0.15) is 5.10 Å². The predicted molar refractivity (Wildman–Crippen MR) is 52.5 cm³/mol. The van der Waals surface area contributed by atoms with Crippen LogP contribution >= 0.6 is 0 Å². The molecule has 1 atom stereocenters. The second kappa shape index (κ2) is 4.59. The van der Waals surface area contributed by atoms with E-state index in [0.717, 1.165) is 5.69 Å². The average molecular weight is 211 g/mol. The molecule has 0 aliphatic carbocycles. The smallest absolute Gasteiger partial charge is 0.308 e. The van der Waals surface area contributed by atoms with Crippen molar-refractivity contribution >= 4 is 11.9 Å². The van der Waals surface area contributed by atoms with Crippen molar-refractivity contribution in [2.75, 3.05) is 6.54 Å². The molecule has 1 aromatic heterocycles. The standard InChI is InChI=1S/C9H13N3O3/c1-5(9(14)15)4-10-8(13)7-3-6(2)11-12-7/h3,5H,4H2,1-2H3,(H,10,13)(H,11,12)(H,14,15). The van der Waals surface area contributed by atoms with Crippen molar-refractivity contribution < 1.29 is 14.7 Å². The van der Waals surface area contributed by atoms with Gasteiger partial charge in [-0.3, -0.25) is 14.7 Å². The summed E-state index contributed by atoms with van der Waals surface area (Å²) in [6, 6.07) is 1.60. The average Bonchev–Trinajstić information content (AvgIpc) is 2.60. The second-order valence-electron chi connectivity index (χ2n) is 3.39. The van der Waals surface area contributed by atoms with Crippen LogP contribution in [0.15, 0.2) is 6.07 Å². The first-order chi connectivity index (χ1) is 7.00. The molecule has 1 heterocycles. The third-order valence-electron chi connectivity index (χ3n) is 1.93. The first kappa shape index (κ1) is 11.2. The number of aromatic amines is 1. The number of hydrogen-bond donors (Lipinski definition) is 3. The van der Waals surface area contributed by atoms with E-state index in [2.05, 4.69) is 15.5 Å². The highest BCUT2D eigenvalue weighted by atomic mass is 16.4. The van der Waals surface area contributed by atoms with Crippen molar-refractivity contribution in [3.63, 3.8) is 0 Å². The Hall–Kier alpha value is -1.85. The van der Waals surface area contributed by atoms with E-state index in [-0.39, 0.29) is 18.1 Å². The molecule has 0 fully saturated rings. The van der Waals surface area contributed by atoms with E-state index in [9.17, 15) is 9.59 Å². The lowest BCUT2D eigenvalue weighted by atomic mass is 10.2. The number of H-pyrrole nitrogens is 1. The van der Waals surface area contributed by atoms with Crippen molar-refractivity contribution in [1.82, 2.24) is 15.5 Å². The monoisotopic (exact) mass is 211 g/mol. The van der Waals surface area contributed by atoms with E-state index in [1.807, 2.05) is 0 Å². The molecule has 0 aromatic carbocycles. The maximum absolute atomic E-state index is 11.4. The van der Waals surface area contributed by atoms with Crippen LogP contribution in [-0.4, -0.2) is 33.7 Å². The summed E-state index contributed by atoms with van der Waals surface area (Å²) in [4.78, 5) is 21.9. The first-order valence-corrected chi connectivity index (χ1v) is 4.53. The number of aromatic nitrogens is 2. The Bertz CT molecular complexity index is 372. The zero-order valence-electron chi connectivity index (χ0n) is 8.57. The van der Waals surface area contributed by atoms with E-state index in [1.54, 1.807) is 13.0 Å². The van der Waals surface area contributed by atoms with Gasteiger partial charge in [-0.1, -0.05) is 6.92 Å². The van der Waals surface area contributed by atoms with Crippen molar-refractivity contribution in [2.24, 2.45) is 5.92 Å². The summed E-state index contributed by atoms with van der Waals surface area (Å²) < 4.78 is 0. The summed E-state index contributed by atoms with van der Waals surface area (Å²) in [7, 11) is 0. The fourth-order valence-electron chi connectivity index (χ4n) is 0.958. The molecule has 0 spiro atoms. The zero-order valence-corrected chi connectivity index (χ0v) is 8.57. The summed E-state index contributed by atoms with van der Waals surface area (Å²) in [5.41, 5.74) is 1.05. The molecule has 3 N–H and O–H groups in total. The summed E-state index contributed by atoms with van der Waals surface area (Å²) in [6.45, 7) is 3.40. The number of nitrogens with one attached hydrogen (secondary N) is 2. The third kappa shape index (κ3) is 3.08. The molecule has 1 rings (SSSR count). The lowest BCUT2D eigenvalue weighted by Crippen LogP contribution is -2.31. The highest BCUT2D eigenvalue weighted by Crippen LogP contribution is 1.98. The van der Waals surface area contributed by atoms with E-state index in [1.165, 1.54) is 6.92 Å². The van der Waals surface area contributed by atoms with Gasteiger partial charge in [0, 0.05) is 12.2 Å².